The molecule has 0 aliphatic heterocycles. The van der Waals surface area contributed by atoms with Gasteiger partial charge in [0.05, 0.1) is 12.3 Å². The highest BCUT2D eigenvalue weighted by Crippen LogP contribution is 2.31. The van der Waals surface area contributed by atoms with Crippen molar-refractivity contribution in [2.75, 3.05) is 7.05 Å². The Bertz CT molecular complexity index is 423. The summed E-state index contributed by atoms with van der Waals surface area (Å²) < 4.78 is 5.74. The van der Waals surface area contributed by atoms with Gasteiger partial charge in [0.1, 0.15) is 5.75 Å². The standard InChI is InChI=1S/C18H32N2O/c1-13(2)21-16-9-15(11-20-12-16)17(19-7)8-14(3)10-18(4,5)6/h9,11-14,17,19H,8,10H2,1-7H3. The lowest BCUT2D eigenvalue weighted by molar-refractivity contribution is 0.240. The predicted molar refractivity (Wildman–Crippen MR) is 89.7 cm³/mol. The fraction of sp³-hybridized carbons (Fsp3) is 0.722. The van der Waals surface area contributed by atoms with Gasteiger partial charge >= 0.3 is 0 Å². The number of rotatable bonds is 7. The second kappa shape index (κ2) is 7.79. The van der Waals surface area contributed by atoms with Crippen LogP contribution in [0.3, 0.4) is 0 Å². The van der Waals surface area contributed by atoms with Crippen LogP contribution < -0.4 is 10.1 Å². The van der Waals surface area contributed by atoms with Crippen LogP contribution in [0, 0.1) is 11.3 Å². The second-order valence-electron chi connectivity index (χ2n) is 7.57. The monoisotopic (exact) mass is 292 g/mol. The van der Waals surface area contributed by atoms with Gasteiger partial charge in [0.15, 0.2) is 0 Å². The van der Waals surface area contributed by atoms with Crippen LogP contribution in [0.25, 0.3) is 0 Å². The van der Waals surface area contributed by atoms with E-state index in [9.17, 15) is 0 Å². The zero-order chi connectivity index (χ0) is 16.0. The molecule has 0 saturated carbocycles. The Morgan fingerprint density at radius 3 is 2.38 bits per heavy atom. The van der Waals surface area contributed by atoms with Crippen molar-refractivity contribution in [3.63, 3.8) is 0 Å². The van der Waals surface area contributed by atoms with Crippen molar-refractivity contribution in [2.24, 2.45) is 11.3 Å². The third-order valence-electron chi connectivity index (χ3n) is 3.46. The summed E-state index contributed by atoms with van der Waals surface area (Å²) in [7, 11) is 2.02. The van der Waals surface area contributed by atoms with Gasteiger partial charge in [0, 0.05) is 12.2 Å². The molecule has 0 bridgehead atoms. The van der Waals surface area contributed by atoms with Crippen molar-refractivity contribution in [1.29, 1.82) is 0 Å². The van der Waals surface area contributed by atoms with E-state index in [2.05, 4.69) is 44.1 Å². The molecule has 0 aliphatic carbocycles. The minimum atomic E-state index is 0.176. The summed E-state index contributed by atoms with van der Waals surface area (Å²) >= 11 is 0. The van der Waals surface area contributed by atoms with E-state index in [0.29, 0.717) is 17.4 Å². The van der Waals surface area contributed by atoms with Crippen LogP contribution in [-0.4, -0.2) is 18.1 Å². The highest BCUT2D eigenvalue weighted by Gasteiger charge is 2.20. The van der Waals surface area contributed by atoms with Crippen molar-refractivity contribution >= 4 is 0 Å². The molecule has 21 heavy (non-hydrogen) atoms. The summed E-state index contributed by atoms with van der Waals surface area (Å²) in [6.07, 6.45) is 6.24. The van der Waals surface area contributed by atoms with Crippen molar-refractivity contribution in [2.45, 2.75) is 66.5 Å². The summed E-state index contributed by atoms with van der Waals surface area (Å²) in [5.41, 5.74) is 1.58. The quantitative estimate of drug-likeness (QED) is 0.798. The van der Waals surface area contributed by atoms with Crippen molar-refractivity contribution in [3.8, 4) is 5.75 Å². The smallest absolute Gasteiger partial charge is 0.138 e. The Kier molecular flexibility index (Phi) is 6.66. The van der Waals surface area contributed by atoms with Crippen LogP contribution in [0.1, 0.15) is 66.0 Å². The van der Waals surface area contributed by atoms with E-state index in [-0.39, 0.29) is 6.10 Å². The summed E-state index contributed by atoms with van der Waals surface area (Å²) in [4.78, 5) is 4.32. The van der Waals surface area contributed by atoms with Crippen LogP contribution in [-0.2, 0) is 0 Å². The second-order valence-corrected chi connectivity index (χ2v) is 7.57. The Hall–Kier alpha value is -1.09. The van der Waals surface area contributed by atoms with Gasteiger partial charge in [-0.2, -0.15) is 0 Å². The Morgan fingerprint density at radius 2 is 1.86 bits per heavy atom. The molecule has 0 radical (unpaired) electrons. The molecule has 0 spiro atoms. The molecule has 0 saturated heterocycles. The molecular formula is C18H32N2O. The van der Waals surface area contributed by atoms with Gasteiger partial charge in [-0.25, -0.2) is 0 Å². The predicted octanol–water partition coefficient (Wildman–Crippen LogP) is 4.59. The first-order chi connectivity index (χ1) is 9.71. The van der Waals surface area contributed by atoms with E-state index in [4.69, 9.17) is 4.74 Å². The first-order valence-corrected chi connectivity index (χ1v) is 8.00. The molecule has 3 nitrogen and oxygen atoms in total. The summed E-state index contributed by atoms with van der Waals surface area (Å²) in [6, 6.07) is 2.43. The Labute approximate surface area is 130 Å². The SMILES string of the molecule is CNC(CC(C)CC(C)(C)C)c1cncc(OC(C)C)c1. The van der Waals surface area contributed by atoms with Crippen LogP contribution in [0.2, 0.25) is 0 Å². The van der Waals surface area contributed by atoms with Crippen LogP contribution in [0.5, 0.6) is 5.75 Å². The van der Waals surface area contributed by atoms with Crippen molar-refractivity contribution in [3.05, 3.63) is 24.0 Å². The first kappa shape index (κ1) is 18.0. The van der Waals surface area contributed by atoms with Crippen molar-refractivity contribution < 1.29 is 4.74 Å². The third-order valence-corrected chi connectivity index (χ3v) is 3.46. The molecule has 1 rings (SSSR count). The highest BCUT2D eigenvalue weighted by molar-refractivity contribution is 5.26. The molecule has 0 fully saturated rings. The molecular weight excluding hydrogens is 260 g/mol. The van der Waals surface area contributed by atoms with Gasteiger partial charge in [-0.1, -0.05) is 27.7 Å². The van der Waals surface area contributed by atoms with E-state index in [1.165, 1.54) is 12.0 Å². The lowest BCUT2D eigenvalue weighted by Gasteiger charge is -2.27. The zero-order valence-corrected chi connectivity index (χ0v) is 14.7. The molecule has 120 valence electrons. The van der Waals surface area contributed by atoms with Crippen LogP contribution >= 0.6 is 0 Å². The molecule has 3 heteroatoms. The maximum atomic E-state index is 5.74. The van der Waals surface area contributed by atoms with Gasteiger partial charge in [-0.3, -0.25) is 4.98 Å². The topological polar surface area (TPSA) is 34.2 Å². The average molecular weight is 292 g/mol. The average Bonchev–Trinajstić information content (AvgIpc) is 2.33. The highest BCUT2D eigenvalue weighted by atomic mass is 16.5. The number of hydrogen-bond acceptors (Lipinski definition) is 3. The minimum absolute atomic E-state index is 0.176. The number of ether oxygens (including phenoxy) is 1. The normalized spacial score (nSPS) is 15.0. The van der Waals surface area contributed by atoms with E-state index >= 15 is 0 Å². The molecule has 2 atom stereocenters. The minimum Gasteiger partial charge on any atom is -0.489 e. The molecule has 0 aliphatic rings. The Morgan fingerprint density at radius 1 is 1.19 bits per heavy atom. The van der Waals surface area contributed by atoms with E-state index in [1.807, 2.05) is 27.1 Å². The van der Waals surface area contributed by atoms with Crippen LogP contribution in [0.15, 0.2) is 18.5 Å². The maximum absolute atomic E-state index is 5.74. The number of pyridine rings is 1. The maximum Gasteiger partial charge on any atom is 0.138 e. The number of hydrogen-bond donors (Lipinski definition) is 1. The molecule has 1 aromatic rings. The van der Waals surface area contributed by atoms with E-state index in [1.54, 1.807) is 6.20 Å². The number of nitrogens with zero attached hydrogens (tertiary/aromatic N) is 1. The van der Waals surface area contributed by atoms with Crippen LogP contribution in [0.4, 0.5) is 0 Å². The zero-order valence-electron chi connectivity index (χ0n) is 14.7. The Balaban J connectivity index is 2.75. The van der Waals surface area contributed by atoms with E-state index < -0.39 is 0 Å². The van der Waals surface area contributed by atoms with Gasteiger partial charge in [-0.05, 0) is 56.7 Å². The molecule has 0 amide bonds. The van der Waals surface area contributed by atoms with Gasteiger partial charge in [-0.15, -0.1) is 0 Å². The van der Waals surface area contributed by atoms with Gasteiger partial charge < -0.3 is 10.1 Å². The van der Waals surface area contributed by atoms with Crippen molar-refractivity contribution in [1.82, 2.24) is 10.3 Å². The molecule has 0 aromatic carbocycles. The number of aromatic nitrogens is 1. The summed E-state index contributed by atoms with van der Waals surface area (Å²) in [5.74, 6) is 1.52. The van der Waals surface area contributed by atoms with Gasteiger partial charge in [0.25, 0.3) is 0 Å². The lowest BCUT2D eigenvalue weighted by atomic mass is 9.82. The largest absolute Gasteiger partial charge is 0.489 e. The summed E-state index contributed by atoms with van der Waals surface area (Å²) in [6.45, 7) is 13.3. The first-order valence-electron chi connectivity index (χ1n) is 8.00. The lowest BCUT2D eigenvalue weighted by Crippen LogP contribution is -2.21. The molecule has 2 unspecified atom stereocenters. The molecule has 1 heterocycles. The number of nitrogens with one attached hydrogen (secondary N) is 1. The fourth-order valence-corrected chi connectivity index (χ4v) is 2.91. The molecule has 1 aromatic heterocycles. The fourth-order valence-electron chi connectivity index (χ4n) is 2.91. The molecule has 1 N–H and O–H groups in total. The third kappa shape index (κ3) is 6.94. The van der Waals surface area contributed by atoms with Gasteiger partial charge in [0.2, 0.25) is 0 Å². The summed E-state index contributed by atoms with van der Waals surface area (Å²) in [5, 5.41) is 3.42. The van der Waals surface area contributed by atoms with E-state index in [0.717, 1.165) is 12.2 Å².